The fourth-order valence-electron chi connectivity index (χ4n) is 1.70. The van der Waals surface area contributed by atoms with E-state index in [4.69, 9.17) is 16.7 Å². The summed E-state index contributed by atoms with van der Waals surface area (Å²) in [6, 6.07) is 3.80. The fraction of sp³-hybridized carbons (Fsp3) is 0.462. The number of rotatable bonds is 8. The first kappa shape index (κ1) is 16.4. The predicted molar refractivity (Wildman–Crippen MR) is 76.0 cm³/mol. The number of nitro benzene ring substituents is 1. The molecule has 0 saturated carbocycles. The van der Waals surface area contributed by atoms with E-state index >= 15 is 0 Å². The molecule has 1 aromatic rings. The van der Waals surface area contributed by atoms with Crippen molar-refractivity contribution in [2.24, 2.45) is 0 Å². The van der Waals surface area contributed by atoms with E-state index in [1.54, 1.807) is 0 Å². The van der Waals surface area contributed by atoms with E-state index in [0.717, 1.165) is 25.7 Å². The number of hydrogen-bond acceptors (Lipinski definition) is 4. The van der Waals surface area contributed by atoms with E-state index in [0.29, 0.717) is 6.54 Å². The Bertz CT molecular complexity index is 479. The van der Waals surface area contributed by atoms with Crippen molar-refractivity contribution in [3.8, 4) is 0 Å². The van der Waals surface area contributed by atoms with Crippen LogP contribution in [0.2, 0.25) is 5.02 Å². The van der Waals surface area contributed by atoms with Crippen LogP contribution < -0.4 is 5.32 Å². The zero-order valence-electron chi connectivity index (χ0n) is 11.0. The van der Waals surface area contributed by atoms with Gasteiger partial charge in [0.1, 0.15) is 0 Å². The first-order chi connectivity index (χ1) is 9.54. The van der Waals surface area contributed by atoms with Crippen LogP contribution in [0.1, 0.15) is 36.0 Å². The molecule has 0 aliphatic rings. The van der Waals surface area contributed by atoms with E-state index in [1.165, 1.54) is 18.2 Å². The van der Waals surface area contributed by atoms with Gasteiger partial charge in [0, 0.05) is 35.9 Å². The van der Waals surface area contributed by atoms with Crippen LogP contribution in [0.5, 0.6) is 0 Å². The molecule has 0 aliphatic carbocycles. The third-order valence-electron chi connectivity index (χ3n) is 2.73. The van der Waals surface area contributed by atoms with E-state index in [2.05, 4.69) is 5.32 Å². The maximum Gasteiger partial charge on any atom is 0.271 e. The Balaban J connectivity index is 2.49. The average Bonchev–Trinajstić information content (AvgIpc) is 2.41. The number of unbranched alkanes of at least 4 members (excludes halogenated alkanes) is 3. The summed E-state index contributed by atoms with van der Waals surface area (Å²) in [7, 11) is 0. The quantitative estimate of drug-likeness (QED) is 0.438. The van der Waals surface area contributed by atoms with Crippen LogP contribution in [-0.2, 0) is 0 Å². The lowest BCUT2D eigenvalue weighted by Gasteiger charge is -2.05. The lowest BCUT2D eigenvalue weighted by Crippen LogP contribution is -2.24. The highest BCUT2D eigenvalue weighted by molar-refractivity contribution is 6.31. The summed E-state index contributed by atoms with van der Waals surface area (Å²) in [6.07, 6.45) is 3.38. The highest BCUT2D eigenvalue weighted by atomic mass is 35.5. The third-order valence-corrected chi connectivity index (χ3v) is 2.94. The minimum atomic E-state index is -0.586. The summed E-state index contributed by atoms with van der Waals surface area (Å²) >= 11 is 5.75. The molecular formula is C13H17ClN2O4. The van der Waals surface area contributed by atoms with Gasteiger partial charge in [-0.2, -0.15) is 0 Å². The third kappa shape index (κ3) is 5.54. The second kappa shape index (κ2) is 8.50. The van der Waals surface area contributed by atoms with Gasteiger partial charge in [-0.25, -0.2) is 0 Å². The summed E-state index contributed by atoms with van der Waals surface area (Å²) in [6.45, 7) is 0.670. The lowest BCUT2D eigenvalue weighted by atomic mass is 10.1. The Morgan fingerprint density at radius 2 is 1.95 bits per heavy atom. The first-order valence-corrected chi connectivity index (χ1v) is 6.76. The van der Waals surface area contributed by atoms with Crippen molar-refractivity contribution in [3.05, 3.63) is 38.9 Å². The maximum absolute atomic E-state index is 11.8. The second-order valence-corrected chi connectivity index (χ2v) is 4.79. The Morgan fingerprint density at radius 3 is 2.60 bits per heavy atom. The number of aliphatic hydroxyl groups is 1. The summed E-state index contributed by atoms with van der Waals surface area (Å²) in [5.74, 6) is -0.377. The standard InChI is InChI=1S/C13H17ClN2O4/c14-11-7-10(8-12(9-11)16(19)20)13(18)15-5-3-1-2-4-6-17/h7-9,17H,1-6H2,(H,15,18). The highest BCUT2D eigenvalue weighted by Gasteiger charge is 2.13. The molecule has 0 aromatic heterocycles. The van der Waals surface area contributed by atoms with Gasteiger partial charge in [-0.3, -0.25) is 14.9 Å². The number of carbonyl (C=O) groups is 1. The van der Waals surface area contributed by atoms with Crippen molar-refractivity contribution in [2.75, 3.05) is 13.2 Å². The number of nitro groups is 1. The maximum atomic E-state index is 11.8. The zero-order valence-corrected chi connectivity index (χ0v) is 11.7. The number of aliphatic hydroxyl groups excluding tert-OH is 1. The van der Waals surface area contributed by atoms with Crippen LogP contribution in [0.4, 0.5) is 5.69 Å². The van der Waals surface area contributed by atoms with Crippen LogP contribution in [0.15, 0.2) is 18.2 Å². The highest BCUT2D eigenvalue weighted by Crippen LogP contribution is 2.20. The average molecular weight is 301 g/mol. The molecule has 7 heteroatoms. The Hall–Kier alpha value is -1.66. The summed E-state index contributed by atoms with van der Waals surface area (Å²) < 4.78 is 0. The monoisotopic (exact) mass is 300 g/mol. The number of amides is 1. The van der Waals surface area contributed by atoms with Gasteiger partial charge >= 0.3 is 0 Å². The van der Waals surface area contributed by atoms with Crippen molar-refractivity contribution in [1.82, 2.24) is 5.32 Å². The molecule has 0 fully saturated rings. The molecule has 110 valence electrons. The number of hydrogen-bond donors (Lipinski definition) is 2. The summed E-state index contributed by atoms with van der Waals surface area (Å²) in [5, 5.41) is 22.1. The molecule has 0 bridgehead atoms. The summed E-state index contributed by atoms with van der Waals surface area (Å²) in [5.41, 5.74) is -0.0230. The van der Waals surface area contributed by atoms with E-state index in [1.807, 2.05) is 0 Å². The Labute approximate surface area is 121 Å². The van der Waals surface area contributed by atoms with Crippen LogP contribution in [0.3, 0.4) is 0 Å². The number of carbonyl (C=O) groups excluding carboxylic acids is 1. The molecule has 0 heterocycles. The second-order valence-electron chi connectivity index (χ2n) is 4.35. The Morgan fingerprint density at radius 1 is 1.25 bits per heavy atom. The number of benzene rings is 1. The molecule has 2 N–H and O–H groups in total. The Kier molecular flexibility index (Phi) is 6.97. The van der Waals surface area contributed by atoms with Crippen LogP contribution in [0.25, 0.3) is 0 Å². The SMILES string of the molecule is O=C(NCCCCCCO)c1cc(Cl)cc([N+](=O)[O-])c1. The van der Waals surface area contributed by atoms with Gasteiger partial charge in [0.2, 0.25) is 0 Å². The molecule has 0 spiro atoms. The molecule has 0 unspecified atom stereocenters. The lowest BCUT2D eigenvalue weighted by molar-refractivity contribution is -0.384. The number of non-ortho nitro benzene ring substituents is 1. The number of nitrogens with zero attached hydrogens (tertiary/aromatic N) is 1. The zero-order chi connectivity index (χ0) is 15.0. The van der Waals surface area contributed by atoms with E-state index in [-0.39, 0.29) is 28.8 Å². The largest absolute Gasteiger partial charge is 0.396 e. The van der Waals surface area contributed by atoms with Gasteiger partial charge < -0.3 is 10.4 Å². The molecule has 0 aliphatic heterocycles. The van der Waals surface area contributed by atoms with Crippen molar-refractivity contribution in [2.45, 2.75) is 25.7 Å². The normalized spacial score (nSPS) is 10.3. The van der Waals surface area contributed by atoms with Crippen LogP contribution in [-0.4, -0.2) is 29.1 Å². The van der Waals surface area contributed by atoms with Gasteiger partial charge in [0.25, 0.3) is 11.6 Å². The van der Waals surface area contributed by atoms with Crippen molar-refractivity contribution < 1.29 is 14.8 Å². The number of halogens is 1. The molecule has 1 aromatic carbocycles. The van der Waals surface area contributed by atoms with Gasteiger partial charge in [-0.05, 0) is 18.9 Å². The smallest absolute Gasteiger partial charge is 0.271 e. The minimum Gasteiger partial charge on any atom is -0.396 e. The topological polar surface area (TPSA) is 92.5 Å². The number of nitrogens with one attached hydrogen (secondary N) is 1. The fourth-order valence-corrected chi connectivity index (χ4v) is 1.93. The van der Waals surface area contributed by atoms with E-state index in [9.17, 15) is 14.9 Å². The van der Waals surface area contributed by atoms with Gasteiger partial charge in [0.05, 0.1) is 4.92 Å². The van der Waals surface area contributed by atoms with Crippen molar-refractivity contribution in [1.29, 1.82) is 0 Å². The molecule has 20 heavy (non-hydrogen) atoms. The van der Waals surface area contributed by atoms with Gasteiger partial charge in [-0.15, -0.1) is 0 Å². The minimum absolute atomic E-state index is 0.160. The molecule has 0 saturated heterocycles. The molecule has 1 rings (SSSR count). The first-order valence-electron chi connectivity index (χ1n) is 6.38. The molecule has 1 amide bonds. The molecule has 0 radical (unpaired) electrons. The molecule has 6 nitrogen and oxygen atoms in total. The van der Waals surface area contributed by atoms with Crippen molar-refractivity contribution in [3.63, 3.8) is 0 Å². The van der Waals surface area contributed by atoms with Crippen LogP contribution >= 0.6 is 11.6 Å². The van der Waals surface area contributed by atoms with Gasteiger partial charge in [0.15, 0.2) is 0 Å². The summed E-state index contributed by atoms with van der Waals surface area (Å²) in [4.78, 5) is 21.9. The molecular weight excluding hydrogens is 284 g/mol. The van der Waals surface area contributed by atoms with Gasteiger partial charge in [-0.1, -0.05) is 24.4 Å². The van der Waals surface area contributed by atoms with E-state index < -0.39 is 4.92 Å². The van der Waals surface area contributed by atoms with Crippen molar-refractivity contribution >= 4 is 23.2 Å². The molecule has 0 atom stereocenters. The van der Waals surface area contributed by atoms with Crippen LogP contribution in [0, 0.1) is 10.1 Å². The predicted octanol–water partition coefficient (Wildman–Crippen LogP) is 2.53.